The van der Waals surface area contributed by atoms with Crippen LogP contribution >= 0.6 is 22.9 Å². The first-order valence-electron chi connectivity index (χ1n) is 10.6. The highest BCUT2D eigenvalue weighted by molar-refractivity contribution is 7.10. The largest absolute Gasteiger partial charge is 0.493 e. The number of benzene rings is 2. The Labute approximate surface area is 215 Å². The van der Waals surface area contributed by atoms with E-state index >= 15 is 0 Å². The molecular weight excluding hydrogens is 504 g/mol. The lowest BCUT2D eigenvalue weighted by Crippen LogP contribution is -2.34. The monoisotopic (exact) mass is 524 g/mol. The van der Waals surface area contributed by atoms with E-state index in [1.165, 1.54) is 31.6 Å². The molecule has 0 atom stereocenters. The zero-order valence-electron chi connectivity index (χ0n) is 19.3. The Morgan fingerprint density at radius 2 is 1.89 bits per heavy atom. The first-order valence-corrected chi connectivity index (χ1v) is 11.9. The fourth-order valence-electron chi connectivity index (χ4n) is 3.18. The van der Waals surface area contributed by atoms with Crippen LogP contribution in [0.3, 0.4) is 0 Å². The number of nitrogens with one attached hydrogen (secondary N) is 2. The van der Waals surface area contributed by atoms with Gasteiger partial charge in [0.1, 0.15) is 5.70 Å². The fraction of sp³-hybridized carbons (Fsp3) is 0.120. The topological polar surface area (TPSA) is 116 Å². The van der Waals surface area contributed by atoms with Crippen LogP contribution in [0.15, 0.2) is 70.2 Å². The van der Waals surface area contributed by atoms with Crippen LogP contribution in [0.2, 0.25) is 5.02 Å². The highest BCUT2D eigenvalue weighted by Gasteiger charge is 2.18. The Hall–Kier alpha value is -4.15. The number of methoxy groups -OCH3 is 2. The molecule has 0 aliphatic carbocycles. The molecule has 0 radical (unpaired) electrons. The van der Waals surface area contributed by atoms with Crippen LogP contribution in [0.1, 0.15) is 21.1 Å². The van der Waals surface area contributed by atoms with E-state index in [2.05, 4.69) is 20.8 Å². The highest BCUT2D eigenvalue weighted by atomic mass is 35.5. The van der Waals surface area contributed by atoms with Gasteiger partial charge in [-0.15, -0.1) is 11.3 Å². The molecule has 0 fully saturated rings. The molecule has 4 rings (SSSR count). The number of hydrogen-bond acceptors (Lipinski definition) is 8. The number of aromatic nitrogens is 2. The van der Waals surface area contributed by atoms with Crippen molar-refractivity contribution < 1.29 is 23.6 Å². The second-order valence-electron chi connectivity index (χ2n) is 7.27. The average Bonchev–Trinajstić information content (AvgIpc) is 3.59. The summed E-state index contributed by atoms with van der Waals surface area (Å²) in [6.45, 7) is -0.0513. The summed E-state index contributed by atoms with van der Waals surface area (Å²) in [5.74, 6) is 0.337. The van der Waals surface area contributed by atoms with E-state index in [0.717, 1.165) is 4.88 Å². The summed E-state index contributed by atoms with van der Waals surface area (Å²) < 4.78 is 15.7. The third kappa shape index (κ3) is 5.91. The van der Waals surface area contributed by atoms with Gasteiger partial charge in [-0.1, -0.05) is 35.0 Å². The molecule has 11 heteroatoms. The Morgan fingerprint density at radius 1 is 1.08 bits per heavy atom. The van der Waals surface area contributed by atoms with Crippen LogP contribution in [0, 0.1) is 0 Å². The van der Waals surface area contributed by atoms with Crippen molar-refractivity contribution in [2.45, 2.75) is 6.54 Å². The van der Waals surface area contributed by atoms with Gasteiger partial charge in [0.05, 0.1) is 25.8 Å². The van der Waals surface area contributed by atoms with Crippen molar-refractivity contribution in [2.75, 3.05) is 14.2 Å². The number of nitrogens with zero attached hydrogens (tertiary/aromatic N) is 2. The van der Waals surface area contributed by atoms with Gasteiger partial charge < -0.3 is 24.6 Å². The Bertz CT molecular complexity index is 1400. The number of rotatable bonds is 9. The van der Waals surface area contributed by atoms with Gasteiger partial charge >= 0.3 is 0 Å². The molecule has 184 valence electrons. The van der Waals surface area contributed by atoms with E-state index in [9.17, 15) is 9.59 Å². The van der Waals surface area contributed by atoms with Gasteiger partial charge in [-0.3, -0.25) is 9.59 Å². The second-order valence-corrected chi connectivity index (χ2v) is 8.66. The number of amides is 2. The van der Waals surface area contributed by atoms with Gasteiger partial charge in [0.15, 0.2) is 11.5 Å². The van der Waals surface area contributed by atoms with Gasteiger partial charge in [-0.05, 0) is 47.9 Å². The number of ether oxygens (including phenoxy) is 2. The minimum absolute atomic E-state index is 0.0445. The van der Waals surface area contributed by atoms with Crippen molar-refractivity contribution in [2.24, 2.45) is 0 Å². The standard InChI is InChI=1S/C25H21ClN4O5S/c1-33-20-10-9-15(12-21(20)34-2)24(31)28-19(13-16-6-5-11-36-16)25(32)27-14-22-29-23(30-35-22)17-7-3-4-8-18(17)26/h3-13H,14H2,1-2H3,(H,27,32)(H,28,31)/b19-13-. The zero-order chi connectivity index (χ0) is 25.5. The van der Waals surface area contributed by atoms with Crippen LogP contribution in [-0.2, 0) is 11.3 Å². The quantitative estimate of drug-likeness (QED) is 0.308. The average molecular weight is 525 g/mol. The summed E-state index contributed by atoms with van der Waals surface area (Å²) in [6.07, 6.45) is 1.58. The summed E-state index contributed by atoms with van der Waals surface area (Å²) in [4.78, 5) is 31.0. The van der Waals surface area contributed by atoms with Gasteiger partial charge in [0.2, 0.25) is 11.7 Å². The van der Waals surface area contributed by atoms with E-state index in [0.29, 0.717) is 33.5 Å². The maximum absolute atomic E-state index is 13.0. The number of halogens is 1. The van der Waals surface area contributed by atoms with Crippen molar-refractivity contribution >= 4 is 40.8 Å². The zero-order valence-corrected chi connectivity index (χ0v) is 20.9. The van der Waals surface area contributed by atoms with E-state index in [1.54, 1.807) is 36.4 Å². The van der Waals surface area contributed by atoms with Crippen LogP contribution in [0.25, 0.3) is 17.5 Å². The van der Waals surface area contributed by atoms with Crippen LogP contribution in [0.4, 0.5) is 0 Å². The second kappa shape index (κ2) is 11.5. The summed E-state index contributed by atoms with van der Waals surface area (Å²) >= 11 is 7.61. The molecule has 0 unspecified atom stereocenters. The van der Waals surface area contributed by atoms with Gasteiger partial charge in [-0.2, -0.15) is 4.98 Å². The van der Waals surface area contributed by atoms with E-state index in [1.807, 2.05) is 23.6 Å². The molecule has 9 nitrogen and oxygen atoms in total. The molecule has 4 aromatic rings. The Morgan fingerprint density at radius 3 is 2.61 bits per heavy atom. The van der Waals surface area contributed by atoms with E-state index < -0.39 is 11.8 Å². The molecule has 0 saturated carbocycles. The lowest BCUT2D eigenvalue weighted by Gasteiger charge is -2.12. The summed E-state index contributed by atoms with van der Waals surface area (Å²) in [5, 5.41) is 11.6. The normalized spacial score (nSPS) is 11.1. The third-order valence-electron chi connectivity index (χ3n) is 4.95. The minimum Gasteiger partial charge on any atom is -0.493 e. The Kier molecular flexibility index (Phi) is 7.99. The van der Waals surface area contributed by atoms with Crippen LogP contribution in [0.5, 0.6) is 11.5 Å². The maximum atomic E-state index is 13.0. The molecule has 36 heavy (non-hydrogen) atoms. The predicted octanol–water partition coefficient (Wildman–Crippen LogP) is 4.56. The highest BCUT2D eigenvalue weighted by Crippen LogP contribution is 2.28. The molecule has 0 aliphatic rings. The van der Waals surface area contributed by atoms with Crippen LogP contribution < -0.4 is 20.1 Å². The first-order chi connectivity index (χ1) is 17.5. The van der Waals surface area contributed by atoms with Crippen molar-refractivity contribution in [1.29, 1.82) is 0 Å². The minimum atomic E-state index is -0.533. The number of carbonyl (C=O) groups excluding carboxylic acids is 2. The van der Waals surface area contributed by atoms with Crippen LogP contribution in [-0.4, -0.2) is 36.2 Å². The molecule has 0 bridgehead atoms. The lowest BCUT2D eigenvalue weighted by atomic mass is 10.1. The predicted molar refractivity (Wildman–Crippen MR) is 136 cm³/mol. The molecule has 2 N–H and O–H groups in total. The molecule has 0 aliphatic heterocycles. The molecule has 0 saturated heterocycles. The number of thiophene rings is 1. The molecule has 2 heterocycles. The smallest absolute Gasteiger partial charge is 0.268 e. The van der Waals surface area contributed by atoms with Crippen molar-refractivity contribution in [3.05, 3.63) is 87.0 Å². The van der Waals surface area contributed by atoms with Gasteiger partial charge in [-0.25, -0.2) is 0 Å². The van der Waals surface area contributed by atoms with Crippen molar-refractivity contribution in [3.63, 3.8) is 0 Å². The van der Waals surface area contributed by atoms with Crippen molar-refractivity contribution in [1.82, 2.24) is 20.8 Å². The first kappa shape index (κ1) is 25.0. The summed E-state index contributed by atoms with van der Waals surface area (Å²) in [7, 11) is 2.98. The molecule has 0 spiro atoms. The summed E-state index contributed by atoms with van der Waals surface area (Å²) in [5.41, 5.74) is 0.947. The van der Waals surface area contributed by atoms with Gasteiger partial charge in [0, 0.05) is 16.0 Å². The van der Waals surface area contributed by atoms with Gasteiger partial charge in [0.25, 0.3) is 11.8 Å². The molecule has 2 aromatic heterocycles. The molecule has 2 amide bonds. The fourth-order valence-corrected chi connectivity index (χ4v) is 4.05. The van der Waals surface area contributed by atoms with E-state index in [4.69, 9.17) is 25.6 Å². The molecule has 2 aromatic carbocycles. The third-order valence-corrected chi connectivity index (χ3v) is 6.10. The van der Waals surface area contributed by atoms with E-state index in [-0.39, 0.29) is 18.1 Å². The maximum Gasteiger partial charge on any atom is 0.268 e. The lowest BCUT2D eigenvalue weighted by molar-refractivity contribution is -0.118. The summed E-state index contributed by atoms with van der Waals surface area (Å²) in [6, 6.07) is 15.5. The Balaban J connectivity index is 1.49. The number of hydrogen-bond donors (Lipinski definition) is 2. The SMILES string of the molecule is COc1ccc(C(=O)N/C(=C\c2cccs2)C(=O)NCc2nc(-c3ccccc3Cl)no2)cc1OC. The van der Waals surface area contributed by atoms with Crippen molar-refractivity contribution in [3.8, 4) is 22.9 Å². The number of carbonyl (C=O) groups is 2. The molecular formula is C25H21ClN4O5S.